The van der Waals surface area contributed by atoms with Gasteiger partial charge in [-0.2, -0.15) is 0 Å². The number of anilines is 1. The van der Waals surface area contributed by atoms with Gasteiger partial charge in [0, 0.05) is 23.8 Å². The summed E-state index contributed by atoms with van der Waals surface area (Å²) in [6.45, 7) is 2.71. The summed E-state index contributed by atoms with van der Waals surface area (Å²) in [6.07, 6.45) is 2.23. The van der Waals surface area contributed by atoms with E-state index >= 15 is 0 Å². The lowest BCUT2D eigenvalue weighted by Crippen LogP contribution is -2.38. The molecular formula is C21H22ClFN4O2. The van der Waals surface area contributed by atoms with E-state index in [1.54, 1.807) is 23.2 Å². The van der Waals surface area contributed by atoms with Crippen molar-refractivity contribution in [3.8, 4) is 0 Å². The Bertz CT molecular complexity index is 1090. The van der Waals surface area contributed by atoms with Crippen LogP contribution in [-0.2, 0) is 0 Å². The number of halogens is 2. The highest BCUT2D eigenvalue weighted by atomic mass is 35.5. The number of nitrogens with one attached hydrogen (secondary N) is 2. The van der Waals surface area contributed by atoms with E-state index in [1.807, 2.05) is 19.1 Å². The van der Waals surface area contributed by atoms with Gasteiger partial charge in [0.25, 0.3) is 5.56 Å². The predicted octanol–water partition coefficient (Wildman–Crippen LogP) is 4.26. The molecule has 8 heteroatoms. The van der Waals surface area contributed by atoms with Crippen molar-refractivity contribution in [3.05, 3.63) is 75.4 Å². The topological polar surface area (TPSA) is 91.2 Å². The highest BCUT2D eigenvalue weighted by molar-refractivity contribution is 6.31. The van der Waals surface area contributed by atoms with E-state index in [0.717, 1.165) is 10.9 Å². The van der Waals surface area contributed by atoms with Gasteiger partial charge in [0.1, 0.15) is 5.82 Å². The second kappa shape index (κ2) is 9.07. The van der Waals surface area contributed by atoms with Crippen molar-refractivity contribution in [3.63, 3.8) is 0 Å². The zero-order valence-electron chi connectivity index (χ0n) is 15.9. The van der Waals surface area contributed by atoms with Gasteiger partial charge in [0.2, 0.25) is 0 Å². The van der Waals surface area contributed by atoms with Crippen LogP contribution in [0, 0.1) is 5.82 Å². The Balaban J connectivity index is 1.93. The third kappa shape index (κ3) is 4.58. The van der Waals surface area contributed by atoms with Crippen LogP contribution in [0.15, 0.2) is 53.5 Å². The van der Waals surface area contributed by atoms with Crippen LogP contribution < -0.4 is 16.6 Å². The van der Waals surface area contributed by atoms with Crippen LogP contribution >= 0.6 is 11.6 Å². The Kier molecular flexibility index (Phi) is 6.51. The normalized spacial score (nSPS) is 12.0. The summed E-state index contributed by atoms with van der Waals surface area (Å²) in [5.74, 6) is -0.558. The van der Waals surface area contributed by atoms with Gasteiger partial charge < -0.3 is 20.9 Å². The Labute approximate surface area is 172 Å². The number of amides is 2. The Morgan fingerprint density at radius 1 is 1.28 bits per heavy atom. The fourth-order valence-electron chi connectivity index (χ4n) is 3.25. The summed E-state index contributed by atoms with van der Waals surface area (Å²) in [5, 5.41) is 4.01. The molecule has 1 aromatic heterocycles. The molecule has 0 saturated heterocycles. The Morgan fingerprint density at radius 3 is 2.69 bits per heavy atom. The number of H-pyrrole nitrogens is 1. The zero-order chi connectivity index (χ0) is 21.0. The maximum Gasteiger partial charge on any atom is 0.322 e. The maximum atomic E-state index is 13.4. The Hall–Kier alpha value is -2.90. The van der Waals surface area contributed by atoms with Gasteiger partial charge in [-0.15, -0.1) is 0 Å². The minimum Gasteiger partial charge on any atom is -0.330 e. The van der Waals surface area contributed by atoms with Crippen molar-refractivity contribution < 1.29 is 9.18 Å². The lowest BCUT2D eigenvalue weighted by Gasteiger charge is -2.30. The van der Waals surface area contributed by atoms with Gasteiger partial charge >= 0.3 is 6.03 Å². The SMILES string of the molecule is C[C@H](c1c[nH]c(=O)c2ccccc12)N(CCCN)C(=O)Nc1ccc(F)c(Cl)c1. The summed E-state index contributed by atoms with van der Waals surface area (Å²) in [6, 6.07) is 10.5. The van der Waals surface area contributed by atoms with Crippen LogP contribution in [0.25, 0.3) is 10.8 Å². The first kappa shape index (κ1) is 20.8. The summed E-state index contributed by atoms with van der Waals surface area (Å²) in [7, 11) is 0. The average molecular weight is 417 g/mol. The van der Waals surface area contributed by atoms with E-state index in [0.29, 0.717) is 30.6 Å². The molecule has 0 bridgehead atoms. The molecule has 29 heavy (non-hydrogen) atoms. The Morgan fingerprint density at radius 2 is 2.00 bits per heavy atom. The van der Waals surface area contributed by atoms with Crippen LogP contribution in [0.2, 0.25) is 5.02 Å². The molecule has 1 heterocycles. The number of urea groups is 1. The molecule has 3 rings (SSSR count). The van der Waals surface area contributed by atoms with Gasteiger partial charge in [-0.05, 0) is 55.1 Å². The molecule has 0 saturated carbocycles. The quantitative estimate of drug-likeness (QED) is 0.560. The second-order valence-electron chi connectivity index (χ2n) is 6.69. The van der Waals surface area contributed by atoms with Crippen LogP contribution in [0.5, 0.6) is 0 Å². The number of benzene rings is 2. The van der Waals surface area contributed by atoms with Gasteiger partial charge in [0.05, 0.1) is 11.1 Å². The number of fused-ring (bicyclic) bond motifs is 1. The number of hydrogen-bond donors (Lipinski definition) is 3. The summed E-state index contributed by atoms with van der Waals surface area (Å²) in [5.41, 5.74) is 6.66. The van der Waals surface area contributed by atoms with Gasteiger partial charge in [-0.25, -0.2) is 9.18 Å². The summed E-state index contributed by atoms with van der Waals surface area (Å²) in [4.78, 5) is 29.5. The van der Waals surface area contributed by atoms with Crippen LogP contribution in [0.3, 0.4) is 0 Å². The van der Waals surface area contributed by atoms with Crippen molar-refractivity contribution in [2.24, 2.45) is 5.73 Å². The number of nitrogens with zero attached hydrogens (tertiary/aromatic N) is 1. The monoisotopic (exact) mass is 416 g/mol. The first-order chi connectivity index (χ1) is 13.9. The van der Waals surface area contributed by atoms with Crippen molar-refractivity contribution in [2.45, 2.75) is 19.4 Å². The molecule has 4 N–H and O–H groups in total. The smallest absolute Gasteiger partial charge is 0.322 e. The highest BCUT2D eigenvalue weighted by Gasteiger charge is 2.23. The maximum absolute atomic E-state index is 13.4. The fraction of sp³-hybridized carbons (Fsp3) is 0.238. The number of pyridine rings is 1. The second-order valence-corrected chi connectivity index (χ2v) is 7.10. The fourth-order valence-corrected chi connectivity index (χ4v) is 3.43. The van der Waals surface area contributed by atoms with Crippen LogP contribution in [0.1, 0.15) is 24.9 Å². The number of hydrogen-bond acceptors (Lipinski definition) is 3. The minimum atomic E-state index is -0.558. The minimum absolute atomic E-state index is 0.0732. The standard InChI is InChI=1S/C21H22ClFN4O2/c1-13(17-12-25-20(28)16-6-3-2-5-15(16)17)27(10-4-9-24)21(29)26-14-7-8-19(23)18(22)11-14/h2-3,5-8,11-13H,4,9-10,24H2,1H3,(H,25,28)(H,26,29)/t13-/m1/s1. The van der Waals surface area contributed by atoms with E-state index in [1.165, 1.54) is 18.2 Å². The number of carbonyl (C=O) groups is 1. The van der Waals surface area contributed by atoms with Gasteiger partial charge in [-0.1, -0.05) is 29.8 Å². The third-order valence-electron chi connectivity index (χ3n) is 4.79. The molecule has 6 nitrogen and oxygen atoms in total. The van der Waals surface area contributed by atoms with E-state index in [4.69, 9.17) is 17.3 Å². The largest absolute Gasteiger partial charge is 0.330 e. The summed E-state index contributed by atoms with van der Waals surface area (Å²) >= 11 is 5.81. The molecule has 152 valence electrons. The van der Waals surface area contributed by atoms with Crippen LogP contribution in [-0.4, -0.2) is 29.0 Å². The third-order valence-corrected chi connectivity index (χ3v) is 5.08. The molecule has 2 amide bonds. The molecule has 3 aromatic rings. The van der Waals surface area contributed by atoms with E-state index in [9.17, 15) is 14.0 Å². The zero-order valence-corrected chi connectivity index (χ0v) is 16.7. The molecule has 2 aromatic carbocycles. The number of rotatable bonds is 6. The lowest BCUT2D eigenvalue weighted by atomic mass is 10.0. The summed E-state index contributed by atoms with van der Waals surface area (Å²) < 4.78 is 13.4. The van der Waals surface area contributed by atoms with Gasteiger partial charge in [0.15, 0.2) is 0 Å². The predicted molar refractivity (Wildman–Crippen MR) is 114 cm³/mol. The van der Waals surface area contributed by atoms with Crippen molar-refractivity contribution in [1.82, 2.24) is 9.88 Å². The first-order valence-corrected chi connectivity index (χ1v) is 9.63. The molecule has 0 aliphatic heterocycles. The average Bonchev–Trinajstić information content (AvgIpc) is 2.71. The molecule has 0 aliphatic carbocycles. The molecule has 0 aliphatic rings. The number of carbonyl (C=O) groups excluding carboxylic acids is 1. The van der Waals surface area contributed by atoms with E-state index < -0.39 is 5.82 Å². The van der Waals surface area contributed by atoms with E-state index in [-0.39, 0.29) is 22.7 Å². The van der Waals surface area contributed by atoms with Crippen molar-refractivity contribution in [2.75, 3.05) is 18.4 Å². The van der Waals surface area contributed by atoms with Crippen molar-refractivity contribution >= 4 is 34.1 Å². The number of aromatic nitrogens is 1. The van der Waals surface area contributed by atoms with Gasteiger partial charge in [-0.3, -0.25) is 4.79 Å². The molecular weight excluding hydrogens is 395 g/mol. The number of nitrogens with two attached hydrogens (primary N) is 1. The van der Waals surface area contributed by atoms with Crippen molar-refractivity contribution in [1.29, 1.82) is 0 Å². The first-order valence-electron chi connectivity index (χ1n) is 9.25. The number of aromatic amines is 1. The highest BCUT2D eigenvalue weighted by Crippen LogP contribution is 2.27. The molecule has 0 spiro atoms. The molecule has 0 radical (unpaired) electrons. The van der Waals surface area contributed by atoms with Crippen LogP contribution in [0.4, 0.5) is 14.9 Å². The molecule has 0 unspecified atom stereocenters. The molecule has 0 fully saturated rings. The van der Waals surface area contributed by atoms with E-state index in [2.05, 4.69) is 10.3 Å². The molecule has 1 atom stereocenters. The lowest BCUT2D eigenvalue weighted by molar-refractivity contribution is 0.193.